The molecule has 0 N–H and O–H groups in total. The van der Waals surface area contributed by atoms with Gasteiger partial charge in [0.25, 0.3) is 0 Å². The lowest BCUT2D eigenvalue weighted by molar-refractivity contribution is -0.151. The molecule has 0 aliphatic rings. The van der Waals surface area contributed by atoms with Crippen LogP contribution in [0, 0.1) is 17.8 Å². The van der Waals surface area contributed by atoms with Gasteiger partial charge < -0.3 is 28.1 Å². The van der Waals surface area contributed by atoms with Gasteiger partial charge in [0.1, 0.15) is 28.9 Å². The Bertz CT molecular complexity index is 2040. The van der Waals surface area contributed by atoms with Crippen molar-refractivity contribution in [3.63, 3.8) is 0 Å². The SMILES string of the molecule is C=C(C)C(=O)OC(C)C(C)C(C)C(=O)Oc1cc(=O)oc2cc(OC(=O)c3ccc(N=Nc4ccc(OCC(CC)C(CC)OC(C)C)cc4)cc3)ccc12. The van der Waals surface area contributed by atoms with Crippen LogP contribution >= 0.6 is 0 Å². The lowest BCUT2D eigenvalue weighted by atomic mass is 9.91. The fourth-order valence-electron chi connectivity index (χ4n) is 5.60. The Kier molecular flexibility index (Phi) is 15.0. The van der Waals surface area contributed by atoms with Crippen molar-refractivity contribution in [1.82, 2.24) is 0 Å². The van der Waals surface area contributed by atoms with Crippen molar-refractivity contribution in [2.75, 3.05) is 6.61 Å². The number of fused-ring (bicyclic) bond motifs is 1. The summed E-state index contributed by atoms with van der Waals surface area (Å²) >= 11 is 0. The average molecular weight is 755 g/mol. The van der Waals surface area contributed by atoms with Gasteiger partial charge in [-0.2, -0.15) is 10.2 Å². The van der Waals surface area contributed by atoms with E-state index in [-0.39, 0.29) is 46.3 Å². The number of rotatable bonds is 18. The number of hydrogen-bond acceptors (Lipinski definition) is 12. The van der Waals surface area contributed by atoms with Crippen LogP contribution in [0.3, 0.4) is 0 Å². The molecule has 0 aliphatic heterocycles. The van der Waals surface area contributed by atoms with Gasteiger partial charge in [-0.1, -0.05) is 34.3 Å². The maximum Gasteiger partial charge on any atom is 0.343 e. The van der Waals surface area contributed by atoms with Gasteiger partial charge in [0.05, 0.1) is 53.1 Å². The van der Waals surface area contributed by atoms with Crippen molar-refractivity contribution < 1.29 is 42.5 Å². The third kappa shape index (κ3) is 11.9. The molecule has 0 amide bonds. The molecule has 55 heavy (non-hydrogen) atoms. The van der Waals surface area contributed by atoms with E-state index in [0.717, 1.165) is 24.7 Å². The third-order valence-corrected chi connectivity index (χ3v) is 9.23. The van der Waals surface area contributed by atoms with Gasteiger partial charge in [0.2, 0.25) is 0 Å². The zero-order valence-corrected chi connectivity index (χ0v) is 32.7. The Hall–Kier alpha value is -5.62. The highest BCUT2D eigenvalue weighted by Crippen LogP contribution is 2.30. The number of azo groups is 1. The summed E-state index contributed by atoms with van der Waals surface area (Å²) < 4.78 is 33.9. The van der Waals surface area contributed by atoms with Gasteiger partial charge in [-0.15, -0.1) is 0 Å². The second kappa shape index (κ2) is 19.6. The van der Waals surface area contributed by atoms with Crippen LogP contribution in [0.4, 0.5) is 11.4 Å². The number of hydrogen-bond donors (Lipinski definition) is 0. The topological polar surface area (TPSA) is 152 Å². The van der Waals surface area contributed by atoms with Crippen LogP contribution < -0.4 is 19.8 Å². The summed E-state index contributed by atoms with van der Waals surface area (Å²) in [4.78, 5) is 50.3. The molecule has 4 rings (SSSR count). The fourth-order valence-corrected chi connectivity index (χ4v) is 5.60. The highest BCUT2D eigenvalue weighted by molar-refractivity contribution is 5.93. The molecule has 4 aromatic rings. The van der Waals surface area contributed by atoms with E-state index in [1.54, 1.807) is 45.0 Å². The zero-order chi connectivity index (χ0) is 40.2. The number of nitrogens with zero attached hydrogens (tertiary/aromatic N) is 2. The minimum atomic E-state index is -0.768. The largest absolute Gasteiger partial charge is 0.493 e. The fraction of sp³-hybridized carbons (Fsp3) is 0.395. The maximum absolute atomic E-state index is 13.0. The summed E-state index contributed by atoms with van der Waals surface area (Å²) in [6.07, 6.45) is 1.60. The van der Waals surface area contributed by atoms with E-state index in [9.17, 15) is 19.2 Å². The van der Waals surface area contributed by atoms with Gasteiger partial charge >= 0.3 is 23.5 Å². The molecule has 0 saturated heterocycles. The third-order valence-electron chi connectivity index (χ3n) is 9.23. The standard InChI is InChI=1S/C43H50N2O10/c1-10-30(37(11-2)51-26(5)6)24-50-34-18-16-33(17-19-34)45-44-32-14-12-31(13-15-32)43(49)53-35-20-21-36-38(22-35)54-40(46)23-39(36)55-42(48)28(8)27(7)29(9)52-41(47)25(3)4/h12-23,26-30,37H,3,10-11,24H2,1-2,4-9H3. The number of ether oxygens (including phenoxy) is 5. The van der Waals surface area contributed by atoms with Gasteiger partial charge in [-0.05, 0) is 101 Å². The van der Waals surface area contributed by atoms with Crippen molar-refractivity contribution in [3.05, 3.63) is 101 Å². The molecule has 292 valence electrons. The first-order valence-electron chi connectivity index (χ1n) is 18.5. The highest BCUT2D eigenvalue weighted by atomic mass is 16.6. The molecular weight excluding hydrogens is 704 g/mol. The second-order valence-electron chi connectivity index (χ2n) is 13.8. The van der Waals surface area contributed by atoms with E-state index >= 15 is 0 Å². The predicted octanol–water partition coefficient (Wildman–Crippen LogP) is 9.72. The molecule has 0 radical (unpaired) electrons. The van der Waals surface area contributed by atoms with Crippen molar-refractivity contribution in [2.24, 2.45) is 28.0 Å². The molecule has 0 saturated carbocycles. The molecule has 3 aromatic carbocycles. The van der Waals surface area contributed by atoms with Gasteiger partial charge in [-0.3, -0.25) is 4.79 Å². The minimum Gasteiger partial charge on any atom is -0.493 e. The molecule has 0 fully saturated rings. The summed E-state index contributed by atoms with van der Waals surface area (Å²) in [7, 11) is 0. The van der Waals surface area contributed by atoms with Crippen LogP contribution in [0.25, 0.3) is 11.0 Å². The summed E-state index contributed by atoms with van der Waals surface area (Å²) in [6.45, 7) is 19.1. The minimum absolute atomic E-state index is 0.0212. The smallest absolute Gasteiger partial charge is 0.343 e. The van der Waals surface area contributed by atoms with E-state index in [1.165, 1.54) is 25.1 Å². The molecule has 0 spiro atoms. The Labute approximate surface area is 321 Å². The van der Waals surface area contributed by atoms with Gasteiger partial charge in [0.15, 0.2) is 0 Å². The van der Waals surface area contributed by atoms with E-state index in [4.69, 9.17) is 28.1 Å². The molecule has 12 heteroatoms. The lowest BCUT2D eigenvalue weighted by Crippen LogP contribution is -2.33. The number of esters is 3. The highest BCUT2D eigenvalue weighted by Gasteiger charge is 2.30. The summed E-state index contributed by atoms with van der Waals surface area (Å²) in [6, 6.07) is 19.2. The first-order valence-corrected chi connectivity index (χ1v) is 18.5. The van der Waals surface area contributed by atoms with Crippen molar-refractivity contribution in [3.8, 4) is 17.2 Å². The first-order chi connectivity index (χ1) is 26.2. The Morgan fingerprint density at radius 1 is 0.800 bits per heavy atom. The average Bonchev–Trinajstić information content (AvgIpc) is 3.16. The molecule has 5 unspecified atom stereocenters. The van der Waals surface area contributed by atoms with Crippen LogP contribution in [0.15, 0.2) is 104 Å². The zero-order valence-electron chi connectivity index (χ0n) is 32.7. The van der Waals surface area contributed by atoms with Crippen molar-refractivity contribution >= 4 is 40.3 Å². The van der Waals surface area contributed by atoms with Gasteiger partial charge in [-0.25, -0.2) is 14.4 Å². The van der Waals surface area contributed by atoms with E-state index in [2.05, 4.69) is 30.7 Å². The quantitative estimate of drug-likeness (QED) is 0.0315. The Morgan fingerprint density at radius 2 is 1.42 bits per heavy atom. The Morgan fingerprint density at radius 3 is 2.00 bits per heavy atom. The molecule has 0 bridgehead atoms. The van der Waals surface area contributed by atoms with Crippen LogP contribution in [-0.4, -0.2) is 42.8 Å². The second-order valence-corrected chi connectivity index (χ2v) is 13.8. The summed E-state index contributed by atoms with van der Waals surface area (Å²) in [5.74, 6) is -1.82. The molecule has 12 nitrogen and oxygen atoms in total. The molecular formula is C43H50N2O10. The summed E-state index contributed by atoms with van der Waals surface area (Å²) in [5, 5.41) is 8.88. The number of benzene rings is 3. The Balaban J connectivity index is 1.35. The number of carbonyl (C=O) groups excluding carboxylic acids is 3. The molecule has 1 aromatic heterocycles. The summed E-state index contributed by atoms with van der Waals surface area (Å²) in [5.41, 5.74) is 0.947. The number of carbonyl (C=O) groups is 3. The van der Waals surface area contributed by atoms with Crippen LogP contribution in [0.2, 0.25) is 0 Å². The first kappa shape index (κ1) is 42.1. The van der Waals surface area contributed by atoms with Gasteiger partial charge in [0, 0.05) is 23.5 Å². The van der Waals surface area contributed by atoms with Crippen molar-refractivity contribution in [2.45, 2.75) is 86.5 Å². The van der Waals surface area contributed by atoms with E-state index in [1.807, 2.05) is 38.1 Å². The van der Waals surface area contributed by atoms with Crippen molar-refractivity contribution in [1.29, 1.82) is 0 Å². The van der Waals surface area contributed by atoms with Crippen LogP contribution in [0.5, 0.6) is 17.2 Å². The molecule has 5 atom stereocenters. The molecule has 0 aliphatic carbocycles. The predicted molar refractivity (Wildman–Crippen MR) is 208 cm³/mol. The maximum atomic E-state index is 13.0. The lowest BCUT2D eigenvalue weighted by Gasteiger charge is -2.27. The monoisotopic (exact) mass is 754 g/mol. The van der Waals surface area contributed by atoms with E-state index < -0.39 is 41.5 Å². The molecule has 1 heterocycles. The van der Waals surface area contributed by atoms with Crippen LogP contribution in [0.1, 0.15) is 78.6 Å². The van der Waals surface area contributed by atoms with Crippen LogP contribution in [-0.2, 0) is 19.1 Å². The normalized spacial score (nSPS) is 14.2. The van der Waals surface area contributed by atoms with E-state index in [0.29, 0.717) is 23.4 Å².